The van der Waals surface area contributed by atoms with Gasteiger partial charge in [0.25, 0.3) is 0 Å². The van der Waals surface area contributed by atoms with Crippen LogP contribution < -0.4 is 0 Å². The minimum Gasteiger partial charge on any atom is -0.454 e. The standard InChI is InChI=1S/C51H31N5O/c1-4-16-32(17-5-1)49-52-50(33-18-6-2-7-19-33)54-51(53-49)38-28-29-43(48-45(38)37-24-12-15-27-44(37)57-48)56-40-26-14-11-23-36(40)47-42(56)31-30-41-46(47)35-22-10-13-25-39(35)55(41)34-20-8-3-9-21-34/h1-31H. The molecule has 4 heterocycles. The van der Waals surface area contributed by atoms with Crippen LogP contribution in [0.15, 0.2) is 192 Å². The second-order valence-electron chi connectivity index (χ2n) is 14.4. The molecule has 0 fully saturated rings. The van der Waals surface area contributed by atoms with E-state index in [1.807, 2.05) is 72.8 Å². The lowest BCUT2D eigenvalue weighted by Gasteiger charge is -2.12. The van der Waals surface area contributed by atoms with E-state index >= 15 is 0 Å². The molecule has 0 N–H and O–H groups in total. The van der Waals surface area contributed by atoms with Crippen molar-refractivity contribution in [3.05, 3.63) is 188 Å². The Bertz CT molecular complexity index is 3450. The Morgan fingerprint density at radius 3 is 1.47 bits per heavy atom. The van der Waals surface area contributed by atoms with Crippen LogP contribution in [0.4, 0.5) is 0 Å². The largest absolute Gasteiger partial charge is 0.454 e. The maximum atomic E-state index is 6.92. The van der Waals surface area contributed by atoms with Gasteiger partial charge in [-0.1, -0.05) is 133 Å². The molecule has 0 atom stereocenters. The smallest absolute Gasteiger partial charge is 0.164 e. The highest BCUT2D eigenvalue weighted by atomic mass is 16.3. The molecule has 57 heavy (non-hydrogen) atoms. The minimum atomic E-state index is 0.587. The summed E-state index contributed by atoms with van der Waals surface area (Å²) in [4.78, 5) is 15.3. The van der Waals surface area contributed by atoms with Crippen molar-refractivity contribution < 1.29 is 4.42 Å². The molecule has 0 amide bonds. The molecule has 0 radical (unpaired) electrons. The van der Waals surface area contributed by atoms with Gasteiger partial charge in [-0.3, -0.25) is 0 Å². The predicted octanol–water partition coefficient (Wildman–Crippen LogP) is 13.0. The predicted molar refractivity (Wildman–Crippen MR) is 232 cm³/mol. The molecule has 0 aliphatic heterocycles. The first-order valence-corrected chi connectivity index (χ1v) is 19.1. The van der Waals surface area contributed by atoms with E-state index in [4.69, 9.17) is 19.4 Å². The molecule has 0 aliphatic rings. The molecule has 0 unspecified atom stereocenters. The summed E-state index contributed by atoms with van der Waals surface area (Å²) >= 11 is 0. The summed E-state index contributed by atoms with van der Waals surface area (Å²) in [6, 6.07) is 65.4. The quantitative estimate of drug-likeness (QED) is 0.177. The van der Waals surface area contributed by atoms with E-state index in [2.05, 4.69) is 124 Å². The molecule has 0 saturated carbocycles. The zero-order valence-corrected chi connectivity index (χ0v) is 30.5. The Morgan fingerprint density at radius 2 is 0.842 bits per heavy atom. The molecule has 0 bridgehead atoms. The van der Waals surface area contributed by atoms with Crippen LogP contribution in [0.3, 0.4) is 0 Å². The lowest BCUT2D eigenvalue weighted by atomic mass is 10.0. The Labute approximate surface area is 326 Å². The highest BCUT2D eigenvalue weighted by Gasteiger charge is 2.25. The first-order chi connectivity index (χ1) is 28.3. The van der Waals surface area contributed by atoms with Crippen LogP contribution in [0.1, 0.15) is 0 Å². The molecule has 0 saturated heterocycles. The Kier molecular flexibility index (Phi) is 6.83. The van der Waals surface area contributed by atoms with Crippen LogP contribution in [0, 0.1) is 0 Å². The molecule has 6 nitrogen and oxygen atoms in total. The van der Waals surface area contributed by atoms with Gasteiger partial charge in [-0.15, -0.1) is 0 Å². The third-order valence-electron chi connectivity index (χ3n) is 11.2. The number of aromatic nitrogens is 5. The Balaban J connectivity index is 1.17. The van der Waals surface area contributed by atoms with Crippen molar-refractivity contribution >= 4 is 65.6 Å². The van der Waals surface area contributed by atoms with E-state index in [0.29, 0.717) is 17.5 Å². The zero-order valence-electron chi connectivity index (χ0n) is 30.5. The van der Waals surface area contributed by atoms with Crippen molar-refractivity contribution in [2.75, 3.05) is 0 Å². The molecular weight excluding hydrogens is 699 g/mol. The van der Waals surface area contributed by atoms with Gasteiger partial charge in [0.05, 0.1) is 27.8 Å². The average Bonchev–Trinajstić information content (AvgIpc) is 3.95. The topological polar surface area (TPSA) is 61.7 Å². The van der Waals surface area contributed by atoms with Crippen LogP contribution in [-0.2, 0) is 0 Å². The third-order valence-corrected chi connectivity index (χ3v) is 11.2. The third kappa shape index (κ3) is 4.74. The number of fused-ring (bicyclic) bond motifs is 10. The minimum absolute atomic E-state index is 0.587. The highest BCUT2D eigenvalue weighted by molar-refractivity contribution is 6.29. The number of rotatable bonds is 5. The molecule has 12 rings (SSSR count). The highest BCUT2D eigenvalue weighted by Crippen LogP contribution is 2.45. The molecule has 8 aromatic carbocycles. The van der Waals surface area contributed by atoms with Gasteiger partial charge in [-0.2, -0.15) is 0 Å². The van der Waals surface area contributed by atoms with Gasteiger partial charge in [-0.05, 0) is 54.6 Å². The van der Waals surface area contributed by atoms with Gasteiger partial charge in [0, 0.05) is 54.7 Å². The van der Waals surface area contributed by atoms with Gasteiger partial charge in [0.15, 0.2) is 23.1 Å². The summed E-state index contributed by atoms with van der Waals surface area (Å²) in [6.07, 6.45) is 0. The van der Waals surface area contributed by atoms with E-state index < -0.39 is 0 Å². The fraction of sp³-hybridized carbons (Fsp3) is 0. The number of benzene rings is 8. The number of nitrogens with zero attached hydrogens (tertiary/aromatic N) is 5. The van der Waals surface area contributed by atoms with E-state index in [-0.39, 0.29) is 0 Å². The maximum Gasteiger partial charge on any atom is 0.164 e. The van der Waals surface area contributed by atoms with E-state index in [1.54, 1.807) is 0 Å². The van der Waals surface area contributed by atoms with Gasteiger partial charge < -0.3 is 13.6 Å². The molecule has 266 valence electrons. The zero-order chi connectivity index (χ0) is 37.5. The fourth-order valence-corrected chi connectivity index (χ4v) is 8.74. The molecular formula is C51H31N5O. The first kappa shape index (κ1) is 31.5. The van der Waals surface area contributed by atoms with Crippen LogP contribution in [0.2, 0.25) is 0 Å². The lowest BCUT2D eigenvalue weighted by molar-refractivity contribution is 0.666. The van der Waals surface area contributed by atoms with Crippen molar-refractivity contribution in [3.8, 4) is 45.5 Å². The van der Waals surface area contributed by atoms with Gasteiger partial charge in [-0.25, -0.2) is 15.0 Å². The van der Waals surface area contributed by atoms with Crippen LogP contribution >= 0.6 is 0 Å². The van der Waals surface area contributed by atoms with Crippen molar-refractivity contribution in [2.45, 2.75) is 0 Å². The van der Waals surface area contributed by atoms with Crippen molar-refractivity contribution in [1.82, 2.24) is 24.1 Å². The summed E-state index contributed by atoms with van der Waals surface area (Å²) in [5, 5.41) is 6.79. The average molecular weight is 730 g/mol. The van der Waals surface area contributed by atoms with Crippen LogP contribution in [0.25, 0.3) is 111 Å². The Hall–Kier alpha value is -7.83. The van der Waals surface area contributed by atoms with Crippen LogP contribution in [0.5, 0.6) is 0 Å². The maximum absolute atomic E-state index is 6.92. The summed E-state index contributed by atoms with van der Waals surface area (Å²) in [7, 11) is 0. The van der Waals surface area contributed by atoms with Crippen LogP contribution in [-0.4, -0.2) is 24.1 Å². The summed E-state index contributed by atoms with van der Waals surface area (Å²) in [5.41, 5.74) is 10.9. The monoisotopic (exact) mass is 729 g/mol. The molecule has 0 aliphatic carbocycles. The summed E-state index contributed by atoms with van der Waals surface area (Å²) in [6.45, 7) is 0. The second-order valence-corrected chi connectivity index (χ2v) is 14.4. The van der Waals surface area contributed by atoms with Gasteiger partial charge in [0.1, 0.15) is 5.58 Å². The molecule has 12 aromatic rings. The second kappa shape index (κ2) is 12.3. The van der Waals surface area contributed by atoms with E-state index in [9.17, 15) is 0 Å². The first-order valence-electron chi connectivity index (χ1n) is 19.1. The normalized spacial score (nSPS) is 11.9. The van der Waals surface area contributed by atoms with Gasteiger partial charge in [0.2, 0.25) is 0 Å². The Morgan fingerprint density at radius 1 is 0.351 bits per heavy atom. The van der Waals surface area contributed by atoms with Gasteiger partial charge >= 0.3 is 0 Å². The lowest BCUT2D eigenvalue weighted by Crippen LogP contribution is -2.01. The molecule has 0 spiro atoms. The van der Waals surface area contributed by atoms with E-state index in [0.717, 1.165) is 61.0 Å². The molecule has 6 heteroatoms. The number of hydrogen-bond donors (Lipinski definition) is 0. The summed E-state index contributed by atoms with van der Waals surface area (Å²) < 4.78 is 11.7. The number of furan rings is 1. The van der Waals surface area contributed by atoms with Crippen molar-refractivity contribution in [2.24, 2.45) is 0 Å². The van der Waals surface area contributed by atoms with Crippen molar-refractivity contribution in [1.29, 1.82) is 0 Å². The number of hydrogen-bond acceptors (Lipinski definition) is 4. The van der Waals surface area contributed by atoms with E-state index in [1.165, 1.54) is 32.6 Å². The van der Waals surface area contributed by atoms with Crippen molar-refractivity contribution in [3.63, 3.8) is 0 Å². The summed E-state index contributed by atoms with van der Waals surface area (Å²) in [5.74, 6) is 1.82. The molecule has 4 aromatic heterocycles. The SMILES string of the molecule is c1ccc(-c2nc(-c3ccccc3)nc(-c3ccc(-n4c5ccccc5c5c6c7ccccc7n(-c7ccccc7)c6ccc54)c4oc5ccccc5c34)n2)cc1. The fourth-order valence-electron chi connectivity index (χ4n) is 8.74. The number of para-hydroxylation sites is 4.